The first kappa shape index (κ1) is 20.9. The summed E-state index contributed by atoms with van der Waals surface area (Å²) in [7, 11) is 0. The van der Waals surface area contributed by atoms with Crippen LogP contribution in [0.3, 0.4) is 0 Å². The zero-order chi connectivity index (χ0) is 13.6. The molecule has 0 saturated carbocycles. The second kappa shape index (κ2) is 9.52. The van der Waals surface area contributed by atoms with Gasteiger partial charge in [-0.2, -0.15) is 0 Å². The van der Waals surface area contributed by atoms with E-state index < -0.39 is 5.54 Å². The molecule has 0 aliphatic rings. The third-order valence-corrected chi connectivity index (χ3v) is 2.21. The highest BCUT2D eigenvalue weighted by Crippen LogP contribution is 1.95. The van der Waals surface area contributed by atoms with E-state index in [1.165, 1.54) is 6.20 Å². The zero-order valence-corrected chi connectivity index (χ0v) is 13.0. The number of pyridine rings is 1. The van der Waals surface area contributed by atoms with E-state index in [0.29, 0.717) is 18.7 Å². The Hall–Kier alpha value is -1.37. The number of halogens is 2. The second-order valence-electron chi connectivity index (χ2n) is 4.48. The number of carbonyl (C=O) groups excluding carboxylic acids is 2. The first-order valence-corrected chi connectivity index (χ1v) is 5.66. The molecule has 1 aromatic heterocycles. The topological polar surface area (TPSA) is 97.1 Å². The van der Waals surface area contributed by atoms with Gasteiger partial charge in [0.2, 0.25) is 5.91 Å². The number of amides is 2. The lowest BCUT2D eigenvalue weighted by Gasteiger charge is -2.17. The average Bonchev–Trinajstić information content (AvgIpc) is 2.34. The molecule has 0 unspecified atom stereocenters. The van der Waals surface area contributed by atoms with Crippen molar-refractivity contribution in [1.29, 1.82) is 0 Å². The van der Waals surface area contributed by atoms with Gasteiger partial charge in [-0.25, -0.2) is 0 Å². The van der Waals surface area contributed by atoms with Crippen LogP contribution in [0.25, 0.3) is 0 Å². The molecule has 1 heterocycles. The van der Waals surface area contributed by atoms with E-state index in [1.54, 1.807) is 32.2 Å². The van der Waals surface area contributed by atoms with E-state index >= 15 is 0 Å². The number of rotatable bonds is 5. The first-order valence-electron chi connectivity index (χ1n) is 5.66. The molecule has 0 radical (unpaired) electrons. The van der Waals surface area contributed by atoms with Crippen LogP contribution in [0.1, 0.15) is 24.2 Å². The summed E-state index contributed by atoms with van der Waals surface area (Å²) < 4.78 is 0. The Labute approximate surface area is 130 Å². The molecule has 0 aromatic carbocycles. The van der Waals surface area contributed by atoms with Crippen molar-refractivity contribution >= 4 is 36.6 Å². The Bertz CT molecular complexity index is 421. The molecule has 0 saturated heterocycles. The summed E-state index contributed by atoms with van der Waals surface area (Å²) >= 11 is 0. The lowest BCUT2D eigenvalue weighted by molar-refractivity contribution is -0.125. The van der Waals surface area contributed by atoms with Crippen molar-refractivity contribution in [1.82, 2.24) is 15.6 Å². The highest BCUT2D eigenvalue weighted by Gasteiger charge is 2.20. The standard InChI is InChI=1S/C12H18N4O2.2ClH/c1-12(2,13)11(18)16-7-6-15-10(17)9-4-3-5-14-8-9;;/h3-5,8H,6-7,13H2,1-2H3,(H,15,17)(H,16,18);2*1H. The van der Waals surface area contributed by atoms with Gasteiger partial charge in [0.05, 0.1) is 11.1 Å². The molecule has 4 N–H and O–H groups in total. The molecular formula is C12H20Cl2N4O2. The number of carbonyl (C=O) groups is 2. The van der Waals surface area contributed by atoms with Gasteiger partial charge < -0.3 is 16.4 Å². The molecule has 0 spiro atoms. The van der Waals surface area contributed by atoms with Crippen LogP contribution >= 0.6 is 24.8 Å². The Morgan fingerprint density at radius 3 is 2.35 bits per heavy atom. The van der Waals surface area contributed by atoms with Gasteiger partial charge in [0.15, 0.2) is 0 Å². The quantitative estimate of drug-likeness (QED) is 0.688. The van der Waals surface area contributed by atoms with Crippen molar-refractivity contribution in [2.75, 3.05) is 13.1 Å². The maximum atomic E-state index is 11.6. The van der Waals surface area contributed by atoms with Gasteiger partial charge in [0.1, 0.15) is 0 Å². The molecule has 114 valence electrons. The van der Waals surface area contributed by atoms with E-state index in [-0.39, 0.29) is 36.6 Å². The lowest BCUT2D eigenvalue weighted by Crippen LogP contribution is -2.50. The summed E-state index contributed by atoms with van der Waals surface area (Å²) in [4.78, 5) is 26.9. The Morgan fingerprint density at radius 2 is 1.85 bits per heavy atom. The number of hydrogen-bond acceptors (Lipinski definition) is 4. The second-order valence-corrected chi connectivity index (χ2v) is 4.48. The Kier molecular flexibility index (Phi) is 9.97. The predicted molar refractivity (Wildman–Crippen MR) is 82.3 cm³/mol. The summed E-state index contributed by atoms with van der Waals surface area (Å²) in [5, 5.41) is 5.31. The van der Waals surface area contributed by atoms with Gasteiger partial charge in [-0.15, -0.1) is 24.8 Å². The lowest BCUT2D eigenvalue weighted by atomic mass is 10.1. The van der Waals surface area contributed by atoms with Crippen LogP contribution in [0.5, 0.6) is 0 Å². The minimum Gasteiger partial charge on any atom is -0.353 e. The van der Waals surface area contributed by atoms with Crippen molar-refractivity contribution in [2.24, 2.45) is 5.73 Å². The van der Waals surface area contributed by atoms with Crippen LogP contribution in [0.15, 0.2) is 24.5 Å². The van der Waals surface area contributed by atoms with Gasteiger partial charge in [-0.05, 0) is 26.0 Å². The van der Waals surface area contributed by atoms with Gasteiger partial charge in [0.25, 0.3) is 5.91 Å². The normalized spacial score (nSPS) is 9.75. The van der Waals surface area contributed by atoms with Gasteiger partial charge >= 0.3 is 0 Å². The van der Waals surface area contributed by atoms with E-state index in [0.717, 1.165) is 0 Å². The third kappa shape index (κ3) is 7.28. The minimum absolute atomic E-state index is 0. The number of nitrogens with two attached hydrogens (primary N) is 1. The van der Waals surface area contributed by atoms with Crippen molar-refractivity contribution in [3.05, 3.63) is 30.1 Å². The van der Waals surface area contributed by atoms with Gasteiger partial charge in [0, 0.05) is 25.5 Å². The van der Waals surface area contributed by atoms with Crippen LogP contribution < -0.4 is 16.4 Å². The molecule has 8 heteroatoms. The summed E-state index contributed by atoms with van der Waals surface area (Å²) in [6.45, 7) is 3.92. The maximum Gasteiger partial charge on any atom is 0.252 e. The molecule has 1 aromatic rings. The van der Waals surface area contributed by atoms with E-state index in [1.807, 2.05) is 0 Å². The largest absolute Gasteiger partial charge is 0.353 e. The van der Waals surface area contributed by atoms with Gasteiger partial charge in [-0.3, -0.25) is 14.6 Å². The zero-order valence-electron chi connectivity index (χ0n) is 11.4. The summed E-state index contributed by atoms with van der Waals surface area (Å²) in [6.07, 6.45) is 3.08. The van der Waals surface area contributed by atoms with Crippen molar-refractivity contribution in [3.8, 4) is 0 Å². The molecular weight excluding hydrogens is 303 g/mol. The van der Waals surface area contributed by atoms with Crippen molar-refractivity contribution in [2.45, 2.75) is 19.4 Å². The number of hydrogen-bond donors (Lipinski definition) is 3. The third-order valence-electron chi connectivity index (χ3n) is 2.21. The fraction of sp³-hybridized carbons (Fsp3) is 0.417. The van der Waals surface area contributed by atoms with Crippen LogP contribution in [-0.4, -0.2) is 35.4 Å². The van der Waals surface area contributed by atoms with Crippen LogP contribution in [0.4, 0.5) is 0 Å². The minimum atomic E-state index is -0.909. The molecule has 0 bridgehead atoms. The molecule has 0 aliphatic carbocycles. The van der Waals surface area contributed by atoms with Crippen LogP contribution in [-0.2, 0) is 4.79 Å². The van der Waals surface area contributed by atoms with E-state index in [9.17, 15) is 9.59 Å². The fourth-order valence-electron chi connectivity index (χ4n) is 1.18. The summed E-state index contributed by atoms with van der Waals surface area (Å²) in [5.41, 5.74) is 5.18. The fourth-order valence-corrected chi connectivity index (χ4v) is 1.18. The molecule has 0 aliphatic heterocycles. The molecule has 20 heavy (non-hydrogen) atoms. The summed E-state index contributed by atoms with van der Waals surface area (Å²) in [6, 6.07) is 3.36. The summed E-state index contributed by atoms with van der Waals surface area (Å²) in [5.74, 6) is -0.470. The molecule has 6 nitrogen and oxygen atoms in total. The first-order chi connectivity index (χ1) is 8.41. The molecule has 0 atom stereocenters. The number of nitrogens with zero attached hydrogens (tertiary/aromatic N) is 1. The van der Waals surface area contributed by atoms with Crippen molar-refractivity contribution in [3.63, 3.8) is 0 Å². The maximum absolute atomic E-state index is 11.6. The van der Waals surface area contributed by atoms with Crippen molar-refractivity contribution < 1.29 is 9.59 Å². The Balaban J connectivity index is 0. The monoisotopic (exact) mass is 322 g/mol. The predicted octanol–water partition coefficient (Wildman–Crippen LogP) is 0.508. The molecule has 1 rings (SSSR count). The average molecular weight is 323 g/mol. The van der Waals surface area contributed by atoms with E-state index in [2.05, 4.69) is 15.6 Å². The number of nitrogens with one attached hydrogen (secondary N) is 2. The Morgan fingerprint density at radius 1 is 1.25 bits per heavy atom. The molecule has 2 amide bonds. The van der Waals surface area contributed by atoms with E-state index in [4.69, 9.17) is 5.73 Å². The smallest absolute Gasteiger partial charge is 0.252 e. The highest BCUT2D eigenvalue weighted by atomic mass is 35.5. The van der Waals surface area contributed by atoms with Crippen LogP contribution in [0, 0.1) is 0 Å². The number of aromatic nitrogens is 1. The highest BCUT2D eigenvalue weighted by molar-refractivity contribution is 5.93. The SMILES string of the molecule is CC(C)(N)C(=O)NCCNC(=O)c1cccnc1.Cl.Cl. The van der Waals surface area contributed by atoms with Crippen LogP contribution in [0.2, 0.25) is 0 Å². The van der Waals surface area contributed by atoms with Gasteiger partial charge in [-0.1, -0.05) is 0 Å². The molecule has 0 fully saturated rings.